The highest BCUT2D eigenvalue weighted by Gasteiger charge is 2.45. The molecule has 0 radical (unpaired) electrons. The Bertz CT molecular complexity index is 469. The summed E-state index contributed by atoms with van der Waals surface area (Å²) >= 11 is 0. The molecule has 2 aliphatic rings. The Balaban J connectivity index is 1.83. The maximum absolute atomic E-state index is 13.4. The molecule has 0 bridgehead atoms. The molecule has 1 atom stereocenters. The van der Waals surface area contributed by atoms with Crippen LogP contribution >= 0.6 is 0 Å². The van der Waals surface area contributed by atoms with Crippen LogP contribution in [0.15, 0.2) is 18.2 Å². The molecule has 1 aliphatic heterocycles. The Hall–Kier alpha value is -1.13. The molecule has 0 spiro atoms. The molecular formula is C15H21FN2O. The number of anilines is 1. The van der Waals surface area contributed by atoms with Crippen LogP contribution in [0.3, 0.4) is 0 Å². The minimum Gasteiger partial charge on any atom is -0.394 e. The third-order valence-electron chi connectivity index (χ3n) is 4.65. The van der Waals surface area contributed by atoms with E-state index in [0.717, 1.165) is 25.2 Å². The fourth-order valence-corrected chi connectivity index (χ4v) is 3.23. The van der Waals surface area contributed by atoms with Crippen LogP contribution in [0.1, 0.15) is 18.4 Å². The van der Waals surface area contributed by atoms with E-state index in [2.05, 4.69) is 10.2 Å². The fourth-order valence-electron chi connectivity index (χ4n) is 3.23. The van der Waals surface area contributed by atoms with Crippen LogP contribution in [0.5, 0.6) is 0 Å². The Labute approximate surface area is 113 Å². The summed E-state index contributed by atoms with van der Waals surface area (Å²) in [5.74, 6) is 0.358. The lowest BCUT2D eigenvalue weighted by molar-refractivity contribution is 0.152. The van der Waals surface area contributed by atoms with Crippen molar-refractivity contribution in [1.29, 1.82) is 0 Å². The van der Waals surface area contributed by atoms with Gasteiger partial charge in [-0.1, -0.05) is 6.07 Å². The van der Waals surface area contributed by atoms with Crippen molar-refractivity contribution in [3.63, 3.8) is 0 Å². The minimum atomic E-state index is -0.242. The van der Waals surface area contributed by atoms with Gasteiger partial charge in [0.2, 0.25) is 0 Å². The molecule has 3 nitrogen and oxygen atoms in total. The van der Waals surface area contributed by atoms with E-state index >= 15 is 0 Å². The first-order valence-electron chi connectivity index (χ1n) is 7.02. The first-order valence-corrected chi connectivity index (χ1v) is 7.02. The molecule has 1 aromatic rings. The summed E-state index contributed by atoms with van der Waals surface area (Å²) in [5.41, 5.74) is 1.96. The van der Waals surface area contributed by atoms with Gasteiger partial charge in [0, 0.05) is 18.8 Å². The van der Waals surface area contributed by atoms with Gasteiger partial charge in [0.15, 0.2) is 0 Å². The molecule has 1 heterocycles. The van der Waals surface area contributed by atoms with E-state index in [9.17, 15) is 9.50 Å². The molecule has 1 fully saturated rings. The summed E-state index contributed by atoms with van der Waals surface area (Å²) in [5, 5.41) is 13.1. The van der Waals surface area contributed by atoms with Crippen molar-refractivity contribution in [2.45, 2.75) is 24.8 Å². The Kier molecular flexibility index (Phi) is 3.23. The van der Waals surface area contributed by atoms with Crippen molar-refractivity contribution in [2.75, 3.05) is 31.6 Å². The van der Waals surface area contributed by atoms with Gasteiger partial charge in [-0.3, -0.25) is 0 Å². The van der Waals surface area contributed by atoms with Gasteiger partial charge in [-0.25, -0.2) is 4.39 Å². The van der Waals surface area contributed by atoms with Gasteiger partial charge in [-0.2, -0.15) is 0 Å². The number of hydrogen-bond acceptors (Lipinski definition) is 3. The third-order valence-corrected chi connectivity index (χ3v) is 4.65. The molecule has 1 aromatic carbocycles. The summed E-state index contributed by atoms with van der Waals surface area (Å²) in [6.07, 6.45) is 3.31. The SMILES string of the molecule is CNC(CO)(CN1CCc2ccc(F)cc21)C1CC1. The minimum absolute atomic E-state index is 0.134. The van der Waals surface area contributed by atoms with E-state index in [0.29, 0.717) is 5.92 Å². The lowest BCUT2D eigenvalue weighted by Crippen LogP contribution is -2.56. The van der Waals surface area contributed by atoms with Crippen molar-refractivity contribution < 1.29 is 9.50 Å². The number of nitrogens with one attached hydrogen (secondary N) is 1. The Morgan fingerprint density at radius 1 is 1.47 bits per heavy atom. The number of hydrogen-bond donors (Lipinski definition) is 2. The molecule has 2 N–H and O–H groups in total. The molecule has 0 aromatic heterocycles. The number of aliphatic hydroxyl groups excluding tert-OH is 1. The zero-order chi connectivity index (χ0) is 13.5. The van der Waals surface area contributed by atoms with Gasteiger partial charge in [0.05, 0.1) is 12.1 Å². The molecule has 1 saturated carbocycles. The highest BCUT2D eigenvalue weighted by molar-refractivity contribution is 5.58. The van der Waals surface area contributed by atoms with Crippen LogP contribution in [0.4, 0.5) is 10.1 Å². The molecule has 3 rings (SSSR count). The standard InChI is InChI=1S/C15H21FN2O/c1-17-15(10-19,12-3-4-12)9-18-7-6-11-2-5-13(16)8-14(11)18/h2,5,8,12,17,19H,3-4,6-7,9-10H2,1H3. The van der Waals surface area contributed by atoms with Gasteiger partial charge in [-0.15, -0.1) is 0 Å². The van der Waals surface area contributed by atoms with Crippen LogP contribution in [-0.2, 0) is 6.42 Å². The monoisotopic (exact) mass is 264 g/mol. The second-order valence-corrected chi connectivity index (χ2v) is 5.78. The number of halogens is 1. The van der Waals surface area contributed by atoms with Crippen molar-refractivity contribution in [2.24, 2.45) is 5.92 Å². The van der Waals surface area contributed by atoms with Crippen molar-refractivity contribution in [1.82, 2.24) is 5.32 Å². The maximum atomic E-state index is 13.4. The zero-order valence-electron chi connectivity index (χ0n) is 11.3. The topological polar surface area (TPSA) is 35.5 Å². The van der Waals surface area contributed by atoms with Crippen LogP contribution in [0, 0.1) is 11.7 Å². The van der Waals surface area contributed by atoms with Crippen LogP contribution in [-0.4, -0.2) is 37.4 Å². The highest BCUT2D eigenvalue weighted by atomic mass is 19.1. The summed E-state index contributed by atoms with van der Waals surface area (Å²) in [7, 11) is 1.91. The summed E-state index contributed by atoms with van der Waals surface area (Å²) in [6, 6.07) is 5.02. The fraction of sp³-hybridized carbons (Fsp3) is 0.600. The Morgan fingerprint density at radius 2 is 2.26 bits per heavy atom. The second-order valence-electron chi connectivity index (χ2n) is 5.78. The zero-order valence-corrected chi connectivity index (χ0v) is 11.3. The maximum Gasteiger partial charge on any atom is 0.125 e. The number of rotatable bonds is 5. The molecule has 1 unspecified atom stereocenters. The van der Waals surface area contributed by atoms with E-state index in [1.165, 1.54) is 24.5 Å². The van der Waals surface area contributed by atoms with E-state index in [4.69, 9.17) is 0 Å². The third kappa shape index (κ3) is 2.23. The summed E-state index contributed by atoms with van der Waals surface area (Å²) in [6.45, 7) is 1.80. The van der Waals surface area contributed by atoms with Crippen LogP contribution in [0.2, 0.25) is 0 Å². The second kappa shape index (κ2) is 4.76. The summed E-state index contributed by atoms with van der Waals surface area (Å²) in [4.78, 5) is 2.21. The van der Waals surface area contributed by atoms with Crippen molar-refractivity contribution in [3.8, 4) is 0 Å². The number of likely N-dealkylation sites (N-methyl/N-ethyl adjacent to an activating group) is 1. The number of benzene rings is 1. The average molecular weight is 264 g/mol. The van der Waals surface area contributed by atoms with Gasteiger partial charge in [0.25, 0.3) is 0 Å². The molecular weight excluding hydrogens is 243 g/mol. The smallest absolute Gasteiger partial charge is 0.125 e. The van der Waals surface area contributed by atoms with E-state index in [1.54, 1.807) is 6.07 Å². The first-order chi connectivity index (χ1) is 9.18. The first kappa shape index (κ1) is 12.9. The van der Waals surface area contributed by atoms with Crippen LogP contribution < -0.4 is 10.2 Å². The quantitative estimate of drug-likeness (QED) is 0.847. The number of aliphatic hydroxyl groups is 1. The number of nitrogens with zero attached hydrogens (tertiary/aromatic N) is 1. The number of fused-ring (bicyclic) bond motifs is 1. The highest BCUT2D eigenvalue weighted by Crippen LogP contribution is 2.41. The molecule has 104 valence electrons. The molecule has 1 aliphatic carbocycles. The van der Waals surface area contributed by atoms with Gasteiger partial charge < -0.3 is 15.3 Å². The molecule has 0 saturated heterocycles. The largest absolute Gasteiger partial charge is 0.394 e. The molecule has 19 heavy (non-hydrogen) atoms. The average Bonchev–Trinajstić information content (AvgIpc) is 3.20. The molecule has 4 heteroatoms. The molecule has 0 amide bonds. The van der Waals surface area contributed by atoms with Crippen LogP contribution in [0.25, 0.3) is 0 Å². The summed E-state index contributed by atoms with van der Waals surface area (Å²) < 4.78 is 13.4. The predicted molar refractivity (Wildman–Crippen MR) is 73.9 cm³/mol. The van der Waals surface area contributed by atoms with Gasteiger partial charge in [0.1, 0.15) is 5.82 Å². The van der Waals surface area contributed by atoms with Crippen molar-refractivity contribution >= 4 is 5.69 Å². The lowest BCUT2D eigenvalue weighted by Gasteiger charge is -2.37. The van der Waals surface area contributed by atoms with E-state index in [-0.39, 0.29) is 18.0 Å². The van der Waals surface area contributed by atoms with Gasteiger partial charge in [-0.05, 0) is 49.9 Å². The van der Waals surface area contributed by atoms with Gasteiger partial charge >= 0.3 is 0 Å². The van der Waals surface area contributed by atoms with Crippen molar-refractivity contribution in [3.05, 3.63) is 29.6 Å². The lowest BCUT2D eigenvalue weighted by atomic mass is 9.93. The normalized spacial score (nSPS) is 21.3. The van der Waals surface area contributed by atoms with E-state index in [1.807, 2.05) is 13.1 Å². The predicted octanol–water partition coefficient (Wildman–Crippen LogP) is 1.55. The van der Waals surface area contributed by atoms with E-state index < -0.39 is 0 Å². The Morgan fingerprint density at radius 3 is 2.89 bits per heavy atom.